The Morgan fingerprint density at radius 3 is 2.50 bits per heavy atom. The number of nitrogens with two attached hydrogens (primary N) is 1. The minimum atomic E-state index is 0.222. The molecule has 0 rings (SSSR count). The zero-order valence-electron chi connectivity index (χ0n) is 6.92. The molecule has 0 aromatic carbocycles. The Morgan fingerprint density at radius 1 is 1.60 bits per heavy atom. The zero-order valence-corrected chi connectivity index (χ0v) is 6.92. The lowest BCUT2D eigenvalue weighted by Crippen LogP contribution is -2.46. The number of hydrogen-bond donors (Lipinski definition) is 2. The van der Waals surface area contributed by atoms with Crippen LogP contribution < -0.4 is 11.2 Å². The van der Waals surface area contributed by atoms with Crippen LogP contribution in [0.1, 0.15) is 0 Å². The molecule has 1 atom stereocenters. The van der Waals surface area contributed by atoms with Gasteiger partial charge in [-0.1, -0.05) is 0 Å². The van der Waals surface area contributed by atoms with Crippen LogP contribution in [-0.2, 0) is 4.74 Å². The van der Waals surface area contributed by atoms with Crippen LogP contribution in [0.15, 0.2) is 0 Å². The minimum Gasteiger partial charge on any atom is -0.383 e. The van der Waals surface area contributed by atoms with Crippen LogP contribution in [0, 0.1) is 0 Å². The third-order valence-corrected chi connectivity index (χ3v) is 1.09. The summed E-state index contributed by atoms with van der Waals surface area (Å²) >= 11 is 0. The lowest BCUT2D eigenvalue weighted by Gasteiger charge is -2.20. The van der Waals surface area contributed by atoms with Gasteiger partial charge in [-0.25, -0.2) is 5.43 Å². The Labute approximate surface area is 62.3 Å². The molecule has 4 nitrogen and oxygen atoms in total. The van der Waals surface area contributed by atoms with E-state index in [1.54, 1.807) is 7.11 Å². The molecular formula is C6H17N3O. The fourth-order valence-electron chi connectivity index (χ4n) is 0.724. The number of ether oxygens (including phenoxy) is 1. The third-order valence-electron chi connectivity index (χ3n) is 1.09. The average molecular weight is 147 g/mol. The Kier molecular flexibility index (Phi) is 5.52. The molecule has 0 fully saturated rings. The lowest BCUT2D eigenvalue weighted by atomic mass is 10.3. The highest BCUT2D eigenvalue weighted by Gasteiger charge is 2.04. The van der Waals surface area contributed by atoms with Gasteiger partial charge in [0.15, 0.2) is 0 Å². The molecule has 10 heavy (non-hydrogen) atoms. The van der Waals surface area contributed by atoms with Crippen LogP contribution in [0.4, 0.5) is 0 Å². The van der Waals surface area contributed by atoms with Crippen molar-refractivity contribution in [3.05, 3.63) is 0 Å². The monoisotopic (exact) mass is 147 g/mol. The number of methoxy groups -OCH3 is 1. The Morgan fingerprint density at radius 2 is 2.20 bits per heavy atom. The molecule has 0 amide bonds. The number of hydrogen-bond acceptors (Lipinski definition) is 4. The molecule has 0 bridgehead atoms. The Balaban J connectivity index is 3.39. The van der Waals surface area contributed by atoms with E-state index < -0.39 is 0 Å². The molecule has 1 unspecified atom stereocenters. The zero-order chi connectivity index (χ0) is 7.98. The van der Waals surface area contributed by atoms with E-state index in [2.05, 4.69) is 5.43 Å². The molecule has 0 aliphatic rings. The van der Waals surface area contributed by atoms with Crippen LogP contribution in [0.3, 0.4) is 0 Å². The normalized spacial score (nSPS) is 14.1. The van der Waals surface area contributed by atoms with Gasteiger partial charge in [-0.15, -0.1) is 0 Å². The smallest absolute Gasteiger partial charge is 0.0641 e. The molecule has 62 valence electrons. The number of hydrazine groups is 1. The van der Waals surface area contributed by atoms with Gasteiger partial charge >= 0.3 is 0 Å². The SMILES string of the molecule is COCC(CN)NN(C)C. The fourth-order valence-corrected chi connectivity index (χ4v) is 0.724. The molecule has 0 aromatic heterocycles. The third kappa shape index (κ3) is 4.69. The Bertz CT molecular complexity index is 77.4. The quantitative estimate of drug-likeness (QED) is 0.491. The van der Waals surface area contributed by atoms with E-state index in [1.165, 1.54) is 0 Å². The predicted octanol–water partition coefficient (Wildman–Crippen LogP) is -0.974. The van der Waals surface area contributed by atoms with Crippen molar-refractivity contribution in [3.63, 3.8) is 0 Å². The maximum atomic E-state index is 5.44. The second-order valence-corrected chi connectivity index (χ2v) is 2.41. The first-order valence-electron chi connectivity index (χ1n) is 3.33. The summed E-state index contributed by atoms with van der Waals surface area (Å²) in [5.74, 6) is 0. The van der Waals surface area contributed by atoms with Gasteiger partial charge in [0.05, 0.1) is 12.6 Å². The molecule has 0 saturated heterocycles. The summed E-state index contributed by atoms with van der Waals surface area (Å²) in [5.41, 5.74) is 8.55. The largest absolute Gasteiger partial charge is 0.383 e. The number of nitrogens with one attached hydrogen (secondary N) is 1. The molecule has 0 aliphatic carbocycles. The molecule has 0 aliphatic heterocycles. The molecule has 3 N–H and O–H groups in total. The summed E-state index contributed by atoms with van der Waals surface area (Å²) in [5, 5.41) is 1.87. The van der Waals surface area contributed by atoms with Crippen molar-refractivity contribution >= 4 is 0 Å². The van der Waals surface area contributed by atoms with Crippen LogP contribution >= 0.6 is 0 Å². The molecule has 0 radical (unpaired) electrons. The van der Waals surface area contributed by atoms with Crippen molar-refractivity contribution in [2.45, 2.75) is 6.04 Å². The van der Waals surface area contributed by atoms with Crippen LogP contribution in [0.25, 0.3) is 0 Å². The minimum absolute atomic E-state index is 0.222. The standard InChI is InChI=1S/C6H17N3O/c1-9(2)8-6(4-7)5-10-3/h6,8H,4-5,7H2,1-3H3. The van der Waals surface area contributed by atoms with E-state index in [0.29, 0.717) is 13.2 Å². The summed E-state index contributed by atoms with van der Waals surface area (Å²) in [6, 6.07) is 0.222. The van der Waals surface area contributed by atoms with Gasteiger partial charge in [0.25, 0.3) is 0 Å². The van der Waals surface area contributed by atoms with E-state index in [0.717, 1.165) is 0 Å². The van der Waals surface area contributed by atoms with Gasteiger partial charge in [0.2, 0.25) is 0 Å². The maximum absolute atomic E-state index is 5.44. The summed E-state index contributed by atoms with van der Waals surface area (Å²) in [4.78, 5) is 0. The van der Waals surface area contributed by atoms with Crippen LogP contribution in [-0.4, -0.2) is 45.4 Å². The summed E-state index contributed by atoms with van der Waals surface area (Å²) in [6.45, 7) is 1.24. The predicted molar refractivity (Wildman–Crippen MR) is 41.5 cm³/mol. The van der Waals surface area contributed by atoms with E-state index in [4.69, 9.17) is 10.5 Å². The second-order valence-electron chi connectivity index (χ2n) is 2.41. The van der Waals surface area contributed by atoms with E-state index in [1.807, 2.05) is 19.1 Å². The van der Waals surface area contributed by atoms with Crippen LogP contribution in [0.5, 0.6) is 0 Å². The first-order chi connectivity index (χ1) is 4.70. The van der Waals surface area contributed by atoms with Gasteiger partial charge in [0, 0.05) is 27.7 Å². The summed E-state index contributed by atoms with van der Waals surface area (Å²) < 4.78 is 4.93. The summed E-state index contributed by atoms with van der Waals surface area (Å²) in [6.07, 6.45) is 0. The second kappa shape index (κ2) is 5.61. The highest BCUT2D eigenvalue weighted by atomic mass is 16.5. The number of nitrogens with zero attached hydrogens (tertiary/aromatic N) is 1. The molecular weight excluding hydrogens is 130 g/mol. The van der Waals surface area contributed by atoms with Gasteiger partial charge in [-0.3, -0.25) is 5.01 Å². The van der Waals surface area contributed by atoms with Crippen molar-refractivity contribution < 1.29 is 4.74 Å². The van der Waals surface area contributed by atoms with Crippen molar-refractivity contribution in [1.29, 1.82) is 0 Å². The summed E-state index contributed by atoms with van der Waals surface area (Å²) in [7, 11) is 5.52. The molecule has 0 spiro atoms. The van der Waals surface area contributed by atoms with Gasteiger partial charge in [-0.2, -0.15) is 0 Å². The fraction of sp³-hybridized carbons (Fsp3) is 1.00. The Hall–Kier alpha value is -0.160. The van der Waals surface area contributed by atoms with Crippen molar-refractivity contribution in [1.82, 2.24) is 10.4 Å². The molecule has 0 heterocycles. The average Bonchev–Trinajstić information content (AvgIpc) is 1.86. The highest BCUT2D eigenvalue weighted by Crippen LogP contribution is 1.81. The van der Waals surface area contributed by atoms with Crippen LogP contribution in [0.2, 0.25) is 0 Å². The van der Waals surface area contributed by atoms with Gasteiger partial charge in [0.1, 0.15) is 0 Å². The van der Waals surface area contributed by atoms with E-state index in [-0.39, 0.29) is 6.04 Å². The van der Waals surface area contributed by atoms with Crippen molar-refractivity contribution in [2.75, 3.05) is 34.4 Å². The molecule has 0 saturated carbocycles. The molecule has 4 heteroatoms. The lowest BCUT2D eigenvalue weighted by molar-refractivity contribution is 0.129. The number of rotatable bonds is 5. The first-order valence-corrected chi connectivity index (χ1v) is 3.33. The first kappa shape index (κ1) is 9.84. The van der Waals surface area contributed by atoms with Gasteiger partial charge in [-0.05, 0) is 0 Å². The van der Waals surface area contributed by atoms with E-state index >= 15 is 0 Å². The maximum Gasteiger partial charge on any atom is 0.0641 e. The topological polar surface area (TPSA) is 50.5 Å². The van der Waals surface area contributed by atoms with Gasteiger partial charge < -0.3 is 10.5 Å². The highest BCUT2D eigenvalue weighted by molar-refractivity contribution is 4.62. The van der Waals surface area contributed by atoms with Crippen molar-refractivity contribution in [3.8, 4) is 0 Å². The van der Waals surface area contributed by atoms with Crippen molar-refractivity contribution in [2.24, 2.45) is 5.73 Å². The van der Waals surface area contributed by atoms with E-state index in [9.17, 15) is 0 Å². The molecule has 0 aromatic rings.